The first-order valence-electron chi connectivity index (χ1n) is 4.44. The number of hydrogen-bond donors (Lipinski definition) is 1. The van der Waals surface area contributed by atoms with E-state index < -0.39 is 0 Å². The summed E-state index contributed by atoms with van der Waals surface area (Å²) < 4.78 is 1.02. The van der Waals surface area contributed by atoms with Gasteiger partial charge in [-0.15, -0.1) is 11.8 Å². The van der Waals surface area contributed by atoms with Crippen molar-refractivity contribution in [2.45, 2.75) is 30.4 Å². The normalized spacial score (nSPS) is 12.3. The zero-order valence-corrected chi connectivity index (χ0v) is 11.3. The van der Waals surface area contributed by atoms with Gasteiger partial charge in [-0.25, -0.2) is 0 Å². The predicted octanol–water partition coefficient (Wildman–Crippen LogP) is 3.54. The molecule has 1 aromatic rings. The Morgan fingerprint density at radius 1 is 1.47 bits per heavy atom. The highest BCUT2D eigenvalue weighted by atomic mass is 79.9. The van der Waals surface area contributed by atoms with Crippen LogP contribution in [-0.4, -0.2) is 21.2 Å². The molecule has 15 heavy (non-hydrogen) atoms. The topological polar surface area (TPSA) is 45.5 Å². The average Bonchev–Trinajstić information content (AvgIpc) is 2.10. The Morgan fingerprint density at radius 2 is 2.13 bits per heavy atom. The van der Waals surface area contributed by atoms with Gasteiger partial charge in [0.2, 0.25) is 0 Å². The van der Waals surface area contributed by atoms with Gasteiger partial charge in [-0.1, -0.05) is 25.9 Å². The summed E-state index contributed by atoms with van der Waals surface area (Å²) in [6.07, 6.45) is 4.81. The SMILES string of the molecule is CC(C)(C)Sc1c(Br)cncc1C=NO. The quantitative estimate of drug-likeness (QED) is 0.392. The Balaban J connectivity index is 3.13. The van der Waals surface area contributed by atoms with Gasteiger partial charge in [-0.3, -0.25) is 4.98 Å². The first-order valence-corrected chi connectivity index (χ1v) is 6.05. The summed E-state index contributed by atoms with van der Waals surface area (Å²) in [7, 11) is 0. The maximum absolute atomic E-state index is 8.55. The van der Waals surface area contributed by atoms with Gasteiger partial charge in [0.1, 0.15) is 0 Å². The van der Waals surface area contributed by atoms with Crippen LogP contribution in [0.1, 0.15) is 26.3 Å². The van der Waals surface area contributed by atoms with Gasteiger partial charge in [-0.2, -0.15) is 0 Å². The summed E-state index contributed by atoms with van der Waals surface area (Å²) in [5.74, 6) is 0. The largest absolute Gasteiger partial charge is 0.411 e. The predicted molar refractivity (Wildman–Crippen MR) is 66.9 cm³/mol. The third-order valence-corrected chi connectivity index (χ3v) is 3.62. The zero-order chi connectivity index (χ0) is 11.5. The molecular formula is C10H13BrN2OS. The number of rotatable bonds is 2. The van der Waals surface area contributed by atoms with E-state index in [9.17, 15) is 0 Å². The first kappa shape index (κ1) is 12.5. The highest BCUT2D eigenvalue weighted by molar-refractivity contribution is 9.10. The Labute approximate surface area is 102 Å². The van der Waals surface area contributed by atoms with E-state index in [1.165, 1.54) is 6.21 Å². The van der Waals surface area contributed by atoms with Crippen molar-refractivity contribution in [1.29, 1.82) is 0 Å². The van der Waals surface area contributed by atoms with Crippen molar-refractivity contribution in [3.8, 4) is 0 Å². The molecule has 0 atom stereocenters. The Morgan fingerprint density at radius 3 is 2.67 bits per heavy atom. The fourth-order valence-electron chi connectivity index (χ4n) is 1.01. The molecule has 3 nitrogen and oxygen atoms in total. The zero-order valence-electron chi connectivity index (χ0n) is 8.86. The molecule has 0 aliphatic heterocycles. The molecule has 1 rings (SSSR count). The average molecular weight is 289 g/mol. The molecular weight excluding hydrogens is 276 g/mol. The van der Waals surface area contributed by atoms with Crippen LogP contribution in [0.2, 0.25) is 0 Å². The Kier molecular flexibility index (Phi) is 4.16. The molecule has 0 bridgehead atoms. The minimum Gasteiger partial charge on any atom is -0.411 e. The van der Waals surface area contributed by atoms with E-state index in [1.807, 2.05) is 0 Å². The van der Waals surface area contributed by atoms with Crippen LogP contribution in [0.3, 0.4) is 0 Å². The molecule has 0 amide bonds. The summed E-state index contributed by atoms with van der Waals surface area (Å²) in [6, 6.07) is 0. The number of thioether (sulfide) groups is 1. The van der Waals surface area contributed by atoms with Crippen molar-refractivity contribution in [2.24, 2.45) is 5.16 Å². The summed E-state index contributed by atoms with van der Waals surface area (Å²) >= 11 is 5.15. The van der Waals surface area contributed by atoms with E-state index in [4.69, 9.17) is 5.21 Å². The van der Waals surface area contributed by atoms with Crippen LogP contribution in [0.4, 0.5) is 0 Å². The molecule has 0 spiro atoms. The number of pyridine rings is 1. The lowest BCUT2D eigenvalue weighted by Crippen LogP contribution is -2.08. The first-order chi connectivity index (χ1) is 6.94. The number of nitrogens with zero attached hydrogens (tertiary/aromatic N) is 2. The van der Waals surface area contributed by atoms with E-state index in [1.54, 1.807) is 24.2 Å². The lowest BCUT2D eigenvalue weighted by molar-refractivity contribution is 0.321. The smallest absolute Gasteiger partial charge is 0.0761 e. The fraction of sp³-hybridized carbons (Fsp3) is 0.400. The van der Waals surface area contributed by atoms with Crippen molar-refractivity contribution >= 4 is 33.9 Å². The number of oxime groups is 1. The van der Waals surface area contributed by atoms with E-state index in [0.29, 0.717) is 0 Å². The Bertz CT molecular complexity index is 374. The van der Waals surface area contributed by atoms with Crippen molar-refractivity contribution in [1.82, 2.24) is 4.98 Å². The number of halogens is 1. The van der Waals surface area contributed by atoms with Crippen LogP contribution in [-0.2, 0) is 0 Å². The molecule has 1 aromatic heterocycles. The summed E-state index contributed by atoms with van der Waals surface area (Å²) in [6.45, 7) is 6.39. The Hall–Kier alpha value is -0.550. The molecule has 1 N–H and O–H groups in total. The van der Waals surface area contributed by atoms with E-state index in [2.05, 4.69) is 46.8 Å². The maximum atomic E-state index is 8.55. The third-order valence-electron chi connectivity index (χ3n) is 1.49. The number of aromatic nitrogens is 1. The molecule has 0 aliphatic carbocycles. The van der Waals surface area contributed by atoms with Gasteiger partial charge in [0, 0.05) is 27.6 Å². The molecule has 0 aromatic carbocycles. The van der Waals surface area contributed by atoms with E-state index >= 15 is 0 Å². The molecule has 0 saturated carbocycles. The van der Waals surface area contributed by atoms with Crippen LogP contribution in [0, 0.1) is 0 Å². The fourth-order valence-corrected chi connectivity index (χ4v) is 2.58. The molecule has 0 saturated heterocycles. The lowest BCUT2D eigenvalue weighted by Gasteiger charge is -2.19. The third kappa shape index (κ3) is 3.83. The molecule has 1 heterocycles. The van der Waals surface area contributed by atoms with Crippen molar-refractivity contribution < 1.29 is 5.21 Å². The van der Waals surface area contributed by atoms with Crippen molar-refractivity contribution in [3.63, 3.8) is 0 Å². The van der Waals surface area contributed by atoms with Crippen LogP contribution in [0.15, 0.2) is 26.9 Å². The van der Waals surface area contributed by atoms with Crippen LogP contribution in [0.25, 0.3) is 0 Å². The van der Waals surface area contributed by atoms with Crippen molar-refractivity contribution in [2.75, 3.05) is 0 Å². The van der Waals surface area contributed by atoms with Gasteiger partial charge < -0.3 is 5.21 Å². The van der Waals surface area contributed by atoms with Crippen LogP contribution >= 0.6 is 27.7 Å². The molecule has 5 heteroatoms. The van der Waals surface area contributed by atoms with Gasteiger partial charge in [0.25, 0.3) is 0 Å². The van der Waals surface area contributed by atoms with Gasteiger partial charge in [-0.05, 0) is 15.9 Å². The second-order valence-electron chi connectivity index (χ2n) is 4.00. The maximum Gasteiger partial charge on any atom is 0.0761 e. The second kappa shape index (κ2) is 4.99. The monoisotopic (exact) mass is 288 g/mol. The lowest BCUT2D eigenvalue weighted by atomic mass is 10.3. The van der Waals surface area contributed by atoms with Gasteiger partial charge in [0.05, 0.1) is 10.7 Å². The molecule has 0 unspecified atom stereocenters. The highest BCUT2D eigenvalue weighted by Gasteiger charge is 2.16. The molecule has 82 valence electrons. The van der Waals surface area contributed by atoms with Crippen molar-refractivity contribution in [3.05, 3.63) is 22.4 Å². The second-order valence-corrected chi connectivity index (χ2v) is 6.69. The van der Waals surface area contributed by atoms with Gasteiger partial charge >= 0.3 is 0 Å². The van der Waals surface area contributed by atoms with E-state index in [-0.39, 0.29) is 4.75 Å². The minimum absolute atomic E-state index is 0.0991. The molecule has 0 radical (unpaired) electrons. The highest BCUT2D eigenvalue weighted by Crippen LogP contribution is 2.37. The summed E-state index contributed by atoms with van der Waals surface area (Å²) in [5.41, 5.74) is 0.812. The number of hydrogen-bond acceptors (Lipinski definition) is 4. The summed E-state index contributed by atoms with van der Waals surface area (Å²) in [4.78, 5) is 5.07. The molecule has 0 fully saturated rings. The summed E-state index contributed by atoms with van der Waals surface area (Å²) in [5, 5.41) is 11.6. The minimum atomic E-state index is 0.0991. The standard InChI is InChI=1S/C10H13BrN2OS/c1-10(2,3)15-9-7(5-13-14)4-12-6-8(9)11/h4-6,14H,1-3H3. The van der Waals surface area contributed by atoms with E-state index in [0.717, 1.165) is 14.9 Å². The molecule has 0 aliphatic rings. The van der Waals surface area contributed by atoms with Crippen LogP contribution in [0.5, 0.6) is 0 Å². The van der Waals surface area contributed by atoms with Gasteiger partial charge in [0.15, 0.2) is 0 Å². The van der Waals surface area contributed by atoms with Crippen LogP contribution < -0.4 is 0 Å².